The van der Waals surface area contributed by atoms with Gasteiger partial charge in [0.2, 0.25) is 11.9 Å². The summed E-state index contributed by atoms with van der Waals surface area (Å²) in [6.07, 6.45) is 2.92. The molecule has 2 aromatic heterocycles. The van der Waals surface area contributed by atoms with Crippen LogP contribution in [-0.2, 0) is 0 Å². The Morgan fingerprint density at radius 3 is 2.65 bits per heavy atom. The first-order valence-corrected chi connectivity index (χ1v) is 6.11. The molecule has 2 N–H and O–H groups in total. The van der Waals surface area contributed by atoms with Crippen LogP contribution in [0.15, 0.2) is 12.7 Å². The molecule has 0 aliphatic heterocycles. The van der Waals surface area contributed by atoms with Crippen LogP contribution in [0, 0.1) is 0 Å². The lowest BCUT2D eigenvalue weighted by molar-refractivity contribution is 0.215. The van der Waals surface area contributed by atoms with E-state index in [-0.39, 0.29) is 6.61 Å². The first-order chi connectivity index (χ1) is 9.47. The Kier molecular flexibility index (Phi) is 3.79. The average molecular weight is 278 g/mol. The van der Waals surface area contributed by atoms with E-state index in [0.717, 1.165) is 0 Å². The van der Waals surface area contributed by atoms with Gasteiger partial charge in [0.1, 0.15) is 12.7 Å². The monoisotopic (exact) mass is 278 g/mol. The van der Waals surface area contributed by atoms with E-state index < -0.39 is 5.54 Å². The minimum atomic E-state index is -0.494. The molecule has 108 valence electrons. The molecule has 0 atom stereocenters. The van der Waals surface area contributed by atoms with Crippen molar-refractivity contribution in [2.75, 3.05) is 30.9 Å². The van der Waals surface area contributed by atoms with E-state index >= 15 is 0 Å². The third-order valence-electron chi connectivity index (χ3n) is 3.05. The molecule has 0 unspecified atom stereocenters. The SMILES string of the molecule is CNc1nc(N(C)C(C)(C)CO)nc(-n2cncn2)n1. The van der Waals surface area contributed by atoms with Crippen molar-refractivity contribution in [3.63, 3.8) is 0 Å². The van der Waals surface area contributed by atoms with Gasteiger partial charge in [-0.05, 0) is 13.8 Å². The van der Waals surface area contributed by atoms with Gasteiger partial charge in [-0.2, -0.15) is 24.7 Å². The number of aliphatic hydroxyl groups is 1. The molecule has 0 saturated carbocycles. The third-order valence-corrected chi connectivity index (χ3v) is 3.05. The van der Waals surface area contributed by atoms with Gasteiger partial charge in [0.25, 0.3) is 5.95 Å². The summed E-state index contributed by atoms with van der Waals surface area (Å²) in [4.78, 5) is 18.5. The summed E-state index contributed by atoms with van der Waals surface area (Å²) >= 11 is 0. The molecular formula is C11H18N8O. The molecule has 20 heavy (non-hydrogen) atoms. The number of nitrogens with one attached hydrogen (secondary N) is 1. The largest absolute Gasteiger partial charge is 0.394 e. The van der Waals surface area contributed by atoms with Gasteiger partial charge in [-0.25, -0.2) is 4.98 Å². The van der Waals surface area contributed by atoms with Gasteiger partial charge in [-0.15, -0.1) is 0 Å². The summed E-state index contributed by atoms with van der Waals surface area (Å²) in [5.74, 6) is 1.22. The highest BCUT2D eigenvalue weighted by atomic mass is 16.3. The van der Waals surface area contributed by atoms with Crippen molar-refractivity contribution >= 4 is 11.9 Å². The van der Waals surface area contributed by atoms with Crippen molar-refractivity contribution in [1.82, 2.24) is 29.7 Å². The first kappa shape index (κ1) is 14.1. The molecule has 2 heterocycles. The molecule has 0 saturated heterocycles. The van der Waals surface area contributed by atoms with Crippen molar-refractivity contribution in [2.45, 2.75) is 19.4 Å². The molecule has 2 rings (SSSR count). The van der Waals surface area contributed by atoms with Gasteiger partial charge in [0, 0.05) is 14.1 Å². The fourth-order valence-corrected chi connectivity index (χ4v) is 1.41. The number of aliphatic hydroxyl groups excluding tert-OH is 1. The molecule has 9 heteroatoms. The van der Waals surface area contributed by atoms with Crippen molar-refractivity contribution in [2.24, 2.45) is 0 Å². The summed E-state index contributed by atoms with van der Waals surface area (Å²) in [6.45, 7) is 3.76. The van der Waals surface area contributed by atoms with Crippen LogP contribution >= 0.6 is 0 Å². The summed E-state index contributed by atoms with van der Waals surface area (Å²) in [5, 5.41) is 16.3. The molecule has 0 amide bonds. The summed E-state index contributed by atoms with van der Waals surface area (Å²) < 4.78 is 1.45. The molecule has 0 bridgehead atoms. The molecule has 0 fully saturated rings. The molecular weight excluding hydrogens is 260 g/mol. The van der Waals surface area contributed by atoms with Gasteiger partial charge in [0.05, 0.1) is 12.1 Å². The Morgan fingerprint density at radius 2 is 2.10 bits per heavy atom. The number of hydrogen-bond acceptors (Lipinski definition) is 8. The summed E-state index contributed by atoms with van der Waals surface area (Å²) in [5.41, 5.74) is -0.494. The van der Waals surface area contributed by atoms with Crippen LogP contribution in [0.3, 0.4) is 0 Å². The predicted molar refractivity (Wildman–Crippen MR) is 73.9 cm³/mol. The van der Waals surface area contributed by atoms with Crippen LogP contribution in [0.1, 0.15) is 13.8 Å². The maximum Gasteiger partial charge on any atom is 0.258 e. The molecule has 0 aliphatic carbocycles. The topological polar surface area (TPSA) is 105 Å². The van der Waals surface area contributed by atoms with Gasteiger partial charge in [-0.3, -0.25) is 0 Å². The van der Waals surface area contributed by atoms with Gasteiger partial charge >= 0.3 is 0 Å². The number of aromatic nitrogens is 6. The zero-order valence-corrected chi connectivity index (χ0v) is 11.9. The maximum atomic E-state index is 9.45. The van der Waals surface area contributed by atoms with E-state index in [1.807, 2.05) is 20.9 Å². The number of rotatable bonds is 5. The lowest BCUT2D eigenvalue weighted by Crippen LogP contribution is -2.45. The molecule has 2 aromatic rings. The minimum absolute atomic E-state index is 0.0251. The zero-order chi connectivity index (χ0) is 14.8. The van der Waals surface area contributed by atoms with Crippen LogP contribution in [-0.4, -0.2) is 61.1 Å². The zero-order valence-electron chi connectivity index (χ0n) is 11.9. The van der Waals surface area contributed by atoms with E-state index in [0.29, 0.717) is 17.8 Å². The van der Waals surface area contributed by atoms with Crippen LogP contribution in [0.5, 0.6) is 0 Å². The Bertz CT molecular complexity index is 568. The Balaban J connectivity index is 2.46. The standard InChI is InChI=1S/C11H18N8O/c1-11(2,5-20)18(4)9-15-8(12-3)16-10(17-9)19-7-13-6-14-19/h6-7,20H,5H2,1-4H3,(H,12,15,16,17). The Hall–Kier alpha value is -2.29. The number of hydrogen-bond donors (Lipinski definition) is 2. The van der Waals surface area contributed by atoms with Crippen LogP contribution in [0.25, 0.3) is 5.95 Å². The predicted octanol–water partition coefficient (Wildman–Crippen LogP) is -0.299. The highest BCUT2D eigenvalue weighted by Crippen LogP contribution is 2.19. The molecule has 0 aliphatic rings. The fraction of sp³-hybridized carbons (Fsp3) is 0.545. The quantitative estimate of drug-likeness (QED) is 0.768. The van der Waals surface area contributed by atoms with Gasteiger partial charge in [-0.1, -0.05) is 0 Å². The van der Waals surface area contributed by atoms with E-state index in [1.165, 1.54) is 17.3 Å². The third kappa shape index (κ3) is 2.67. The molecule has 0 spiro atoms. The van der Waals surface area contributed by atoms with Crippen molar-refractivity contribution in [3.8, 4) is 5.95 Å². The van der Waals surface area contributed by atoms with E-state index in [1.54, 1.807) is 11.9 Å². The fourth-order valence-electron chi connectivity index (χ4n) is 1.41. The lowest BCUT2D eigenvalue weighted by atomic mass is 10.1. The highest BCUT2D eigenvalue weighted by Gasteiger charge is 2.26. The van der Waals surface area contributed by atoms with Crippen molar-refractivity contribution < 1.29 is 5.11 Å². The second-order valence-electron chi connectivity index (χ2n) is 4.88. The lowest BCUT2D eigenvalue weighted by Gasteiger charge is -2.33. The second kappa shape index (κ2) is 5.37. The number of nitrogens with zero attached hydrogens (tertiary/aromatic N) is 7. The normalized spacial score (nSPS) is 11.4. The van der Waals surface area contributed by atoms with Crippen LogP contribution < -0.4 is 10.2 Å². The molecule has 0 aromatic carbocycles. The number of likely N-dealkylation sites (N-methyl/N-ethyl adjacent to an activating group) is 1. The smallest absolute Gasteiger partial charge is 0.258 e. The van der Waals surface area contributed by atoms with Gasteiger partial charge in [0.15, 0.2) is 0 Å². The average Bonchev–Trinajstić information content (AvgIpc) is 3.00. The highest BCUT2D eigenvalue weighted by molar-refractivity contribution is 5.41. The van der Waals surface area contributed by atoms with Gasteiger partial charge < -0.3 is 15.3 Å². The minimum Gasteiger partial charge on any atom is -0.394 e. The molecule has 0 radical (unpaired) electrons. The maximum absolute atomic E-state index is 9.45. The molecule has 9 nitrogen and oxygen atoms in total. The van der Waals surface area contributed by atoms with E-state index in [4.69, 9.17) is 0 Å². The van der Waals surface area contributed by atoms with Crippen molar-refractivity contribution in [3.05, 3.63) is 12.7 Å². The summed E-state index contributed by atoms with van der Waals surface area (Å²) in [6, 6.07) is 0. The summed E-state index contributed by atoms with van der Waals surface area (Å²) in [7, 11) is 3.54. The van der Waals surface area contributed by atoms with Crippen molar-refractivity contribution in [1.29, 1.82) is 0 Å². The van der Waals surface area contributed by atoms with E-state index in [9.17, 15) is 5.11 Å². The second-order valence-corrected chi connectivity index (χ2v) is 4.88. The number of anilines is 2. The Labute approximate surface area is 116 Å². The van der Waals surface area contributed by atoms with Crippen LogP contribution in [0.2, 0.25) is 0 Å². The first-order valence-electron chi connectivity index (χ1n) is 6.11. The Morgan fingerprint density at radius 1 is 1.35 bits per heavy atom. The van der Waals surface area contributed by atoms with Crippen LogP contribution in [0.4, 0.5) is 11.9 Å². The van der Waals surface area contributed by atoms with E-state index in [2.05, 4.69) is 30.4 Å².